The number of hydroxylamine groups is 1. The predicted molar refractivity (Wildman–Crippen MR) is 103 cm³/mol. The first-order chi connectivity index (χ1) is 12.0. The van der Waals surface area contributed by atoms with Crippen LogP contribution >= 0.6 is 27.5 Å². The fourth-order valence-corrected chi connectivity index (χ4v) is 3.86. The van der Waals surface area contributed by atoms with Gasteiger partial charge in [-0.05, 0) is 44.2 Å². The average molecular weight is 417 g/mol. The highest BCUT2D eigenvalue weighted by atomic mass is 79.9. The number of benzene rings is 2. The fraction of sp³-hybridized carbons (Fsp3) is 0.158. The molecule has 3 aromatic rings. The number of aryl methyl sites for hydroxylation is 1. The first-order valence-electron chi connectivity index (χ1n) is 7.89. The van der Waals surface area contributed by atoms with Gasteiger partial charge in [0.2, 0.25) is 12.3 Å². The summed E-state index contributed by atoms with van der Waals surface area (Å²) in [5.41, 5.74) is 5.01. The summed E-state index contributed by atoms with van der Waals surface area (Å²) in [6.45, 7) is 4.15. The highest BCUT2D eigenvalue weighted by Crippen LogP contribution is 2.31. The van der Waals surface area contributed by atoms with Crippen LogP contribution in [0.3, 0.4) is 0 Å². The number of fused-ring (bicyclic) bond motifs is 3. The van der Waals surface area contributed by atoms with E-state index in [1.54, 1.807) is 6.07 Å². The Labute approximate surface area is 159 Å². The number of hydrogen-bond acceptors (Lipinski definition) is 2. The maximum Gasteiger partial charge on any atom is 0.229 e. The lowest BCUT2D eigenvalue weighted by Gasteiger charge is -2.13. The van der Waals surface area contributed by atoms with Crippen LogP contribution in [0.5, 0.6) is 0 Å². The van der Waals surface area contributed by atoms with E-state index in [0.717, 1.165) is 43.2 Å². The van der Waals surface area contributed by atoms with Crippen molar-refractivity contribution in [2.24, 2.45) is 0 Å². The molecule has 1 aliphatic rings. The minimum Gasteiger partial charge on any atom is -0.623 e. The SMILES string of the molecule is Cc1nc2n(c1C)-c1ccc(Br)cc1C(c1ccccc1Cl)=[N+]([O-])C2. The van der Waals surface area contributed by atoms with E-state index >= 15 is 0 Å². The molecule has 126 valence electrons. The van der Waals surface area contributed by atoms with Crippen LogP contribution in [0, 0.1) is 19.1 Å². The molecular weight excluding hydrogens is 402 g/mol. The second kappa shape index (κ2) is 6.00. The summed E-state index contributed by atoms with van der Waals surface area (Å²) >= 11 is 9.93. The molecule has 4 nitrogen and oxygen atoms in total. The van der Waals surface area contributed by atoms with Crippen molar-refractivity contribution in [3.05, 3.63) is 85.5 Å². The van der Waals surface area contributed by atoms with Gasteiger partial charge in [-0.2, -0.15) is 4.74 Å². The number of imidazole rings is 1. The van der Waals surface area contributed by atoms with Gasteiger partial charge in [-0.3, -0.25) is 4.57 Å². The molecule has 1 aliphatic heterocycles. The third kappa shape index (κ3) is 2.58. The molecule has 4 rings (SSSR count). The zero-order valence-electron chi connectivity index (χ0n) is 13.8. The molecule has 0 spiro atoms. The fourth-order valence-electron chi connectivity index (χ4n) is 3.27. The highest BCUT2D eigenvalue weighted by molar-refractivity contribution is 9.10. The van der Waals surface area contributed by atoms with Crippen molar-refractivity contribution >= 4 is 33.2 Å². The molecule has 0 radical (unpaired) electrons. The largest absolute Gasteiger partial charge is 0.623 e. The molecule has 0 unspecified atom stereocenters. The molecule has 0 N–H and O–H groups in total. The molecule has 0 bridgehead atoms. The third-order valence-electron chi connectivity index (χ3n) is 4.53. The Morgan fingerprint density at radius 2 is 1.92 bits per heavy atom. The molecule has 2 heterocycles. The molecule has 0 saturated heterocycles. The topological polar surface area (TPSA) is 43.9 Å². The van der Waals surface area contributed by atoms with Crippen molar-refractivity contribution in [2.75, 3.05) is 0 Å². The third-order valence-corrected chi connectivity index (χ3v) is 5.35. The van der Waals surface area contributed by atoms with Crippen LogP contribution in [0.2, 0.25) is 5.02 Å². The summed E-state index contributed by atoms with van der Waals surface area (Å²) in [7, 11) is 0. The van der Waals surface area contributed by atoms with Gasteiger partial charge in [-0.1, -0.05) is 39.7 Å². The Morgan fingerprint density at radius 3 is 2.68 bits per heavy atom. The van der Waals surface area contributed by atoms with Gasteiger partial charge in [0.05, 0.1) is 27.5 Å². The molecule has 1 aromatic heterocycles. The molecule has 6 heteroatoms. The van der Waals surface area contributed by atoms with Crippen molar-refractivity contribution in [2.45, 2.75) is 20.4 Å². The molecule has 0 atom stereocenters. The van der Waals surface area contributed by atoms with E-state index in [4.69, 9.17) is 11.6 Å². The highest BCUT2D eigenvalue weighted by Gasteiger charge is 2.29. The predicted octanol–water partition coefficient (Wildman–Crippen LogP) is 4.77. The quantitative estimate of drug-likeness (QED) is 0.424. The van der Waals surface area contributed by atoms with E-state index in [2.05, 4.69) is 25.5 Å². The Morgan fingerprint density at radius 1 is 1.16 bits per heavy atom. The number of halogens is 2. The standard InChI is InChI=1S/C19H15BrClN3O/c1-11-12(2)24-17-8-7-13(20)9-15(17)19(23(25)10-18(24)22-11)14-5-3-4-6-16(14)21/h3-9H,10H2,1-2H3. The van der Waals surface area contributed by atoms with E-state index in [1.807, 2.05) is 50.2 Å². The summed E-state index contributed by atoms with van der Waals surface area (Å²) < 4.78 is 3.95. The Hall–Kier alpha value is -2.11. The van der Waals surface area contributed by atoms with Gasteiger partial charge < -0.3 is 5.21 Å². The van der Waals surface area contributed by atoms with E-state index in [0.29, 0.717) is 10.7 Å². The molecule has 0 aliphatic carbocycles. The van der Waals surface area contributed by atoms with Crippen LogP contribution < -0.4 is 0 Å². The van der Waals surface area contributed by atoms with Crippen molar-refractivity contribution in [3.63, 3.8) is 0 Å². The summed E-state index contributed by atoms with van der Waals surface area (Å²) in [5, 5.41) is 13.6. The van der Waals surface area contributed by atoms with Crippen LogP contribution in [0.15, 0.2) is 46.9 Å². The summed E-state index contributed by atoms with van der Waals surface area (Å²) in [4.78, 5) is 4.60. The lowest BCUT2D eigenvalue weighted by atomic mass is 10.00. The average Bonchev–Trinajstić information content (AvgIpc) is 2.78. The number of nitrogens with zero attached hydrogens (tertiary/aromatic N) is 3. The van der Waals surface area contributed by atoms with Gasteiger partial charge in [0.15, 0.2) is 5.82 Å². The van der Waals surface area contributed by atoms with Crippen LogP contribution in [0.1, 0.15) is 28.3 Å². The molecule has 0 amide bonds. The lowest BCUT2D eigenvalue weighted by Crippen LogP contribution is -2.18. The maximum absolute atomic E-state index is 13.1. The van der Waals surface area contributed by atoms with Crippen molar-refractivity contribution in [1.82, 2.24) is 9.55 Å². The van der Waals surface area contributed by atoms with E-state index < -0.39 is 0 Å². The number of hydrogen-bond donors (Lipinski definition) is 0. The smallest absolute Gasteiger partial charge is 0.229 e. The van der Waals surface area contributed by atoms with Gasteiger partial charge in [0, 0.05) is 10.2 Å². The lowest BCUT2D eigenvalue weighted by molar-refractivity contribution is -0.475. The Balaban J connectivity index is 2.10. The minimum atomic E-state index is 0.168. The van der Waals surface area contributed by atoms with Crippen LogP contribution in [-0.4, -0.2) is 20.0 Å². The normalized spacial score (nSPS) is 13.4. The van der Waals surface area contributed by atoms with Crippen LogP contribution in [0.4, 0.5) is 0 Å². The molecule has 0 fully saturated rings. The van der Waals surface area contributed by atoms with Gasteiger partial charge in [-0.15, -0.1) is 0 Å². The first-order valence-corrected chi connectivity index (χ1v) is 9.06. The molecular formula is C19H15BrClN3O. The van der Waals surface area contributed by atoms with Gasteiger partial charge in [-0.25, -0.2) is 4.98 Å². The molecule has 0 saturated carbocycles. The Kier molecular flexibility index (Phi) is 3.93. The monoisotopic (exact) mass is 415 g/mol. The zero-order chi connectivity index (χ0) is 17.7. The molecule has 2 aromatic carbocycles. The van der Waals surface area contributed by atoms with E-state index in [-0.39, 0.29) is 6.54 Å². The van der Waals surface area contributed by atoms with Gasteiger partial charge >= 0.3 is 0 Å². The van der Waals surface area contributed by atoms with E-state index in [9.17, 15) is 5.21 Å². The van der Waals surface area contributed by atoms with Crippen molar-refractivity contribution in [1.29, 1.82) is 0 Å². The summed E-state index contributed by atoms with van der Waals surface area (Å²) in [6.07, 6.45) is 0. The second-order valence-electron chi connectivity index (χ2n) is 6.06. The van der Waals surface area contributed by atoms with Gasteiger partial charge in [0.1, 0.15) is 0 Å². The first kappa shape index (κ1) is 16.4. The summed E-state index contributed by atoms with van der Waals surface area (Å²) in [5.74, 6) is 0.732. The maximum atomic E-state index is 13.1. The summed E-state index contributed by atoms with van der Waals surface area (Å²) in [6, 6.07) is 13.4. The Bertz CT molecular complexity index is 1040. The van der Waals surface area contributed by atoms with E-state index in [1.165, 1.54) is 0 Å². The van der Waals surface area contributed by atoms with Gasteiger partial charge in [0.25, 0.3) is 0 Å². The van der Waals surface area contributed by atoms with Crippen molar-refractivity contribution < 1.29 is 4.74 Å². The molecule has 25 heavy (non-hydrogen) atoms. The van der Waals surface area contributed by atoms with Crippen LogP contribution in [-0.2, 0) is 6.54 Å². The minimum absolute atomic E-state index is 0.168. The number of aromatic nitrogens is 2. The number of rotatable bonds is 1. The second-order valence-corrected chi connectivity index (χ2v) is 7.38. The zero-order valence-corrected chi connectivity index (χ0v) is 16.1. The van der Waals surface area contributed by atoms with Crippen LogP contribution in [0.25, 0.3) is 5.69 Å². The van der Waals surface area contributed by atoms with Crippen molar-refractivity contribution in [3.8, 4) is 5.69 Å².